The van der Waals surface area contributed by atoms with Crippen LogP contribution >= 0.6 is 0 Å². The summed E-state index contributed by atoms with van der Waals surface area (Å²) in [4.78, 5) is 0. The molecule has 1 rings (SSSR count). The van der Waals surface area contributed by atoms with Gasteiger partial charge in [-0.15, -0.1) is 6.58 Å². The molecular formula is C16H32O4Si. The molecule has 124 valence electrons. The van der Waals surface area contributed by atoms with E-state index < -0.39 is 8.32 Å². The molecule has 0 aromatic rings. The van der Waals surface area contributed by atoms with Gasteiger partial charge in [-0.1, -0.05) is 26.8 Å². The molecule has 0 aromatic heterocycles. The topological polar surface area (TPSA) is 58.9 Å². The summed E-state index contributed by atoms with van der Waals surface area (Å²) < 4.78 is 11.8. The minimum absolute atomic E-state index is 0.0227. The fourth-order valence-electron chi connectivity index (χ4n) is 2.81. The van der Waals surface area contributed by atoms with Crippen molar-refractivity contribution in [1.29, 1.82) is 0 Å². The largest absolute Gasteiger partial charge is 0.413 e. The van der Waals surface area contributed by atoms with E-state index >= 15 is 0 Å². The average Bonchev–Trinajstić information content (AvgIpc) is 2.71. The molecule has 4 atom stereocenters. The maximum absolute atomic E-state index is 9.70. The van der Waals surface area contributed by atoms with Crippen LogP contribution in [-0.4, -0.2) is 44.6 Å². The van der Waals surface area contributed by atoms with Crippen LogP contribution in [0, 0.1) is 17.8 Å². The fraction of sp³-hybridized carbons (Fsp3) is 0.875. The number of aliphatic hydroxyl groups excluding tert-OH is 2. The monoisotopic (exact) mass is 316 g/mol. The second-order valence-electron chi connectivity index (χ2n) is 7.58. The van der Waals surface area contributed by atoms with Crippen molar-refractivity contribution in [1.82, 2.24) is 0 Å². The molecular weight excluding hydrogens is 284 g/mol. The van der Waals surface area contributed by atoms with Crippen LogP contribution in [0.15, 0.2) is 12.7 Å². The minimum atomic E-state index is -1.91. The van der Waals surface area contributed by atoms with Gasteiger partial charge in [0.25, 0.3) is 0 Å². The van der Waals surface area contributed by atoms with Gasteiger partial charge in [0.1, 0.15) is 6.79 Å². The van der Waals surface area contributed by atoms with Crippen LogP contribution in [0.4, 0.5) is 0 Å². The summed E-state index contributed by atoms with van der Waals surface area (Å²) in [5.41, 5.74) is 0. The summed E-state index contributed by atoms with van der Waals surface area (Å²) in [5.74, 6) is 0.541. The van der Waals surface area contributed by atoms with Gasteiger partial charge in [0.05, 0.1) is 12.7 Å². The lowest BCUT2D eigenvalue weighted by molar-refractivity contribution is -0.0431. The van der Waals surface area contributed by atoms with Gasteiger partial charge in [0.2, 0.25) is 0 Å². The number of rotatable bonds is 7. The van der Waals surface area contributed by atoms with Crippen molar-refractivity contribution in [2.75, 3.05) is 20.0 Å². The zero-order valence-electron chi connectivity index (χ0n) is 14.1. The van der Waals surface area contributed by atoms with E-state index in [1.54, 1.807) is 0 Å². The maximum Gasteiger partial charge on any atom is 0.192 e. The fourth-order valence-corrected chi connectivity index (χ4v) is 4.21. The van der Waals surface area contributed by atoms with E-state index in [0.717, 1.165) is 6.42 Å². The highest BCUT2D eigenvalue weighted by Gasteiger charge is 2.48. The molecule has 0 radical (unpaired) electrons. The standard InChI is InChI=1S/C16H32O4Si/c1-7-12-8-13(9-17)15(14(12)10-19-11-18)20-21(5,6)16(2,3)4/h7,12-15,17-18H,1,8-11H2,2-6H3/t12-,13-,14-,15?/m1/s1. The SMILES string of the molecule is C=C[C@@H]1C[C@H](CO)C(O[Si](C)(C)C(C)(C)C)[C@@H]1COCO. The van der Waals surface area contributed by atoms with Gasteiger partial charge in [0, 0.05) is 18.4 Å². The number of aliphatic hydroxyl groups is 2. The van der Waals surface area contributed by atoms with Gasteiger partial charge in [-0.2, -0.15) is 0 Å². The van der Waals surface area contributed by atoms with Gasteiger partial charge in [-0.3, -0.25) is 0 Å². The first kappa shape index (κ1) is 18.8. The summed E-state index contributed by atoms with van der Waals surface area (Å²) in [5, 5.41) is 18.8. The summed E-state index contributed by atoms with van der Waals surface area (Å²) in [6.45, 7) is 15.3. The molecule has 4 nitrogen and oxygen atoms in total. The van der Waals surface area contributed by atoms with E-state index in [1.165, 1.54) is 0 Å². The van der Waals surface area contributed by atoms with Gasteiger partial charge in [-0.25, -0.2) is 0 Å². The molecule has 0 aromatic carbocycles. The van der Waals surface area contributed by atoms with Gasteiger partial charge < -0.3 is 19.4 Å². The van der Waals surface area contributed by atoms with Crippen LogP contribution in [0.25, 0.3) is 0 Å². The Balaban J connectivity index is 2.94. The third-order valence-electron chi connectivity index (χ3n) is 5.19. The van der Waals surface area contributed by atoms with Crippen LogP contribution in [0.1, 0.15) is 27.2 Å². The molecule has 0 aliphatic heterocycles. The molecule has 0 heterocycles. The molecule has 0 spiro atoms. The number of hydrogen-bond acceptors (Lipinski definition) is 4. The number of ether oxygens (including phenoxy) is 1. The molecule has 0 amide bonds. The lowest BCUT2D eigenvalue weighted by Gasteiger charge is -2.41. The van der Waals surface area contributed by atoms with Crippen LogP contribution in [0.5, 0.6) is 0 Å². The first-order chi connectivity index (χ1) is 9.67. The number of hydrogen-bond donors (Lipinski definition) is 2. The first-order valence-corrected chi connectivity index (χ1v) is 10.7. The van der Waals surface area contributed by atoms with Gasteiger partial charge in [0.15, 0.2) is 8.32 Å². The molecule has 5 heteroatoms. The molecule has 1 fully saturated rings. The van der Waals surface area contributed by atoms with E-state index in [4.69, 9.17) is 14.3 Å². The van der Waals surface area contributed by atoms with E-state index in [9.17, 15) is 5.11 Å². The Kier molecular flexibility index (Phi) is 6.62. The molecule has 0 bridgehead atoms. The molecule has 1 unspecified atom stereocenters. The number of allylic oxidation sites excluding steroid dienone is 1. The molecule has 1 aliphatic carbocycles. The minimum Gasteiger partial charge on any atom is -0.413 e. The summed E-state index contributed by atoms with van der Waals surface area (Å²) in [6.07, 6.45) is 2.78. The lowest BCUT2D eigenvalue weighted by atomic mass is 9.96. The third kappa shape index (κ3) is 4.39. The zero-order valence-corrected chi connectivity index (χ0v) is 15.1. The van der Waals surface area contributed by atoms with Crippen molar-refractivity contribution in [3.8, 4) is 0 Å². The lowest BCUT2D eigenvalue weighted by Crippen LogP contribution is -2.47. The average molecular weight is 317 g/mol. The second kappa shape index (κ2) is 7.37. The van der Waals surface area contributed by atoms with Gasteiger partial charge >= 0.3 is 0 Å². The zero-order chi connectivity index (χ0) is 16.3. The Labute approximate surface area is 130 Å². The first-order valence-electron chi connectivity index (χ1n) is 7.77. The van der Waals surface area contributed by atoms with E-state index in [1.807, 2.05) is 6.08 Å². The highest BCUT2D eigenvalue weighted by molar-refractivity contribution is 6.74. The Hall–Kier alpha value is -0.203. The highest BCUT2D eigenvalue weighted by Crippen LogP contribution is 2.45. The predicted octanol–water partition coefficient (Wildman–Crippen LogP) is 2.77. The maximum atomic E-state index is 9.70. The predicted molar refractivity (Wildman–Crippen MR) is 87.5 cm³/mol. The molecule has 1 aliphatic rings. The third-order valence-corrected chi connectivity index (χ3v) is 9.66. The summed E-state index contributed by atoms with van der Waals surface area (Å²) >= 11 is 0. The van der Waals surface area contributed by atoms with Crippen molar-refractivity contribution in [2.45, 2.75) is 51.4 Å². The summed E-state index contributed by atoms with van der Waals surface area (Å²) in [7, 11) is -1.91. The van der Waals surface area contributed by atoms with Crippen LogP contribution in [-0.2, 0) is 9.16 Å². The quantitative estimate of drug-likeness (QED) is 0.431. The molecule has 1 saturated carbocycles. The van der Waals surface area contributed by atoms with E-state index in [2.05, 4.69) is 40.4 Å². The van der Waals surface area contributed by atoms with Crippen molar-refractivity contribution >= 4 is 8.32 Å². The van der Waals surface area contributed by atoms with Crippen molar-refractivity contribution < 1.29 is 19.4 Å². The summed E-state index contributed by atoms with van der Waals surface area (Å²) in [6, 6.07) is 0. The van der Waals surface area contributed by atoms with E-state index in [0.29, 0.717) is 6.61 Å². The van der Waals surface area contributed by atoms with Crippen LogP contribution in [0.2, 0.25) is 18.1 Å². The second-order valence-corrected chi connectivity index (χ2v) is 12.3. The van der Waals surface area contributed by atoms with Crippen LogP contribution in [0.3, 0.4) is 0 Å². The van der Waals surface area contributed by atoms with Crippen molar-refractivity contribution in [3.63, 3.8) is 0 Å². The van der Waals surface area contributed by atoms with Crippen LogP contribution < -0.4 is 0 Å². The Morgan fingerprint density at radius 3 is 2.33 bits per heavy atom. The molecule has 2 N–H and O–H groups in total. The van der Waals surface area contributed by atoms with Gasteiger partial charge in [-0.05, 0) is 30.5 Å². The molecule has 0 saturated heterocycles. The van der Waals surface area contributed by atoms with E-state index in [-0.39, 0.29) is 42.3 Å². The highest BCUT2D eigenvalue weighted by atomic mass is 28.4. The molecule has 21 heavy (non-hydrogen) atoms. The van der Waals surface area contributed by atoms with Crippen molar-refractivity contribution in [3.05, 3.63) is 12.7 Å². The Morgan fingerprint density at radius 2 is 1.90 bits per heavy atom. The van der Waals surface area contributed by atoms with Crippen molar-refractivity contribution in [2.24, 2.45) is 17.8 Å². The Morgan fingerprint density at radius 1 is 1.29 bits per heavy atom. The smallest absolute Gasteiger partial charge is 0.192 e. The normalized spacial score (nSPS) is 30.6. The Bertz CT molecular complexity index is 338.